The first-order chi connectivity index (χ1) is 17.4. The highest BCUT2D eigenvalue weighted by atomic mass is 35.5. The van der Waals surface area contributed by atoms with E-state index in [9.17, 15) is 18.0 Å². The number of nitrogens with one attached hydrogen (secondary N) is 1. The molecule has 0 unspecified atom stereocenters. The Balaban J connectivity index is 1.95. The number of amides is 2. The van der Waals surface area contributed by atoms with Gasteiger partial charge in [0.25, 0.3) is 0 Å². The fourth-order valence-electron chi connectivity index (χ4n) is 4.47. The molecule has 37 heavy (non-hydrogen) atoms. The summed E-state index contributed by atoms with van der Waals surface area (Å²) in [5.41, 5.74) is 1.71. The van der Waals surface area contributed by atoms with Crippen molar-refractivity contribution in [2.75, 3.05) is 17.1 Å². The number of benzene rings is 2. The van der Waals surface area contributed by atoms with E-state index in [1.807, 2.05) is 6.92 Å². The number of hydrogen-bond donors (Lipinski definition) is 1. The molecule has 2 aromatic rings. The summed E-state index contributed by atoms with van der Waals surface area (Å²) < 4.78 is 26.5. The maximum atomic E-state index is 13.8. The zero-order valence-corrected chi connectivity index (χ0v) is 24.2. The van der Waals surface area contributed by atoms with E-state index >= 15 is 0 Å². The second-order valence-corrected chi connectivity index (χ2v) is 12.5. The van der Waals surface area contributed by atoms with Crippen LogP contribution in [0.4, 0.5) is 5.69 Å². The number of rotatable bonds is 10. The molecule has 1 fully saturated rings. The van der Waals surface area contributed by atoms with Crippen LogP contribution >= 0.6 is 34.8 Å². The number of carbonyl (C=O) groups excluding carboxylic acids is 2. The minimum absolute atomic E-state index is 0.0541. The van der Waals surface area contributed by atoms with Crippen LogP contribution in [0.25, 0.3) is 0 Å². The molecule has 0 aromatic heterocycles. The van der Waals surface area contributed by atoms with Gasteiger partial charge >= 0.3 is 0 Å². The fraction of sp³-hybridized carbons (Fsp3) is 0.462. The normalized spacial score (nSPS) is 14.9. The van der Waals surface area contributed by atoms with Crippen molar-refractivity contribution < 1.29 is 18.0 Å². The molecule has 0 saturated heterocycles. The molecule has 0 radical (unpaired) electrons. The van der Waals surface area contributed by atoms with Gasteiger partial charge in [-0.05, 0) is 61.6 Å². The molecule has 202 valence electrons. The number of halogens is 3. The topological polar surface area (TPSA) is 86.8 Å². The Hall–Kier alpha value is -2.00. The summed E-state index contributed by atoms with van der Waals surface area (Å²) in [7, 11) is -3.84. The van der Waals surface area contributed by atoms with E-state index in [4.69, 9.17) is 34.8 Å². The van der Waals surface area contributed by atoms with Gasteiger partial charge in [-0.3, -0.25) is 13.9 Å². The van der Waals surface area contributed by atoms with E-state index in [-0.39, 0.29) is 24.2 Å². The number of anilines is 1. The molecule has 1 saturated carbocycles. The molecule has 2 amide bonds. The monoisotopic (exact) mass is 587 g/mol. The maximum absolute atomic E-state index is 13.8. The van der Waals surface area contributed by atoms with Crippen LogP contribution in [-0.2, 0) is 26.2 Å². The number of nitrogens with zero attached hydrogens (tertiary/aromatic N) is 2. The van der Waals surface area contributed by atoms with Crippen LogP contribution < -0.4 is 9.62 Å². The summed E-state index contributed by atoms with van der Waals surface area (Å²) in [6.07, 6.45) is 5.28. The molecule has 0 bridgehead atoms. The predicted molar refractivity (Wildman–Crippen MR) is 150 cm³/mol. The van der Waals surface area contributed by atoms with E-state index in [0.29, 0.717) is 27.1 Å². The maximum Gasteiger partial charge on any atom is 0.244 e. The summed E-state index contributed by atoms with van der Waals surface area (Å²) in [6.45, 7) is 3.18. The van der Waals surface area contributed by atoms with Gasteiger partial charge in [-0.25, -0.2) is 8.42 Å². The average molecular weight is 589 g/mol. The van der Waals surface area contributed by atoms with Gasteiger partial charge in [0, 0.05) is 17.6 Å². The van der Waals surface area contributed by atoms with E-state index in [0.717, 1.165) is 41.8 Å². The SMILES string of the molecule is CC[C@H](C(=O)NC1CCCC1)N(Cc1ccc(Cl)c(Cl)c1)C(=O)CN(c1ccc(C)c(Cl)c1)S(C)(=O)=O. The van der Waals surface area contributed by atoms with Gasteiger partial charge in [-0.15, -0.1) is 0 Å². The van der Waals surface area contributed by atoms with Gasteiger partial charge in [-0.1, -0.05) is 66.7 Å². The molecule has 7 nitrogen and oxygen atoms in total. The van der Waals surface area contributed by atoms with Crippen LogP contribution in [0.15, 0.2) is 36.4 Å². The first-order valence-electron chi connectivity index (χ1n) is 12.2. The molecule has 1 aliphatic carbocycles. The first kappa shape index (κ1) is 29.6. The standard InChI is InChI=1S/C26H32Cl3N3O4S/c1-4-24(26(34)30-19-7-5-6-8-19)31(15-18-10-12-21(27)23(29)13-18)25(33)16-32(37(3,35)36)20-11-9-17(2)22(28)14-20/h9-14,19,24H,4-8,15-16H2,1-3H3,(H,30,34)/t24-/m1/s1. The van der Waals surface area contributed by atoms with Gasteiger partial charge in [0.1, 0.15) is 12.6 Å². The highest BCUT2D eigenvalue weighted by molar-refractivity contribution is 7.92. The Labute approximate surface area is 234 Å². The largest absolute Gasteiger partial charge is 0.352 e. The molecule has 1 N–H and O–H groups in total. The van der Waals surface area contributed by atoms with Crippen LogP contribution in [0, 0.1) is 6.92 Å². The molecule has 0 spiro atoms. The van der Waals surface area contributed by atoms with Gasteiger partial charge in [0.2, 0.25) is 21.8 Å². The lowest BCUT2D eigenvalue weighted by Gasteiger charge is -2.33. The van der Waals surface area contributed by atoms with Crippen molar-refractivity contribution in [1.82, 2.24) is 10.2 Å². The summed E-state index contributed by atoms with van der Waals surface area (Å²) in [5, 5.41) is 4.14. The van der Waals surface area contributed by atoms with Crippen LogP contribution in [0.5, 0.6) is 0 Å². The lowest BCUT2D eigenvalue weighted by atomic mass is 10.1. The Kier molecular flexibility index (Phi) is 10.1. The van der Waals surface area contributed by atoms with Crippen molar-refractivity contribution in [3.63, 3.8) is 0 Å². The Morgan fingerprint density at radius 1 is 1.03 bits per heavy atom. The van der Waals surface area contributed by atoms with Gasteiger partial charge < -0.3 is 10.2 Å². The summed E-state index contributed by atoms with van der Waals surface area (Å²) in [4.78, 5) is 28.5. The van der Waals surface area contributed by atoms with E-state index in [1.165, 1.54) is 11.0 Å². The Bertz CT molecular complexity index is 1250. The third kappa shape index (κ3) is 7.76. The average Bonchev–Trinajstić information content (AvgIpc) is 3.33. The van der Waals surface area contributed by atoms with E-state index in [2.05, 4.69) is 5.32 Å². The van der Waals surface area contributed by atoms with Gasteiger partial charge in [-0.2, -0.15) is 0 Å². The summed E-state index contributed by atoms with van der Waals surface area (Å²) >= 11 is 18.5. The number of sulfonamides is 1. The molecule has 3 rings (SSSR count). The van der Waals surface area contributed by atoms with Crippen molar-refractivity contribution in [2.45, 2.75) is 64.6 Å². The Morgan fingerprint density at radius 3 is 2.27 bits per heavy atom. The zero-order chi connectivity index (χ0) is 27.3. The molecule has 1 atom stereocenters. The van der Waals surface area contributed by atoms with Gasteiger partial charge in [0.15, 0.2) is 0 Å². The highest BCUT2D eigenvalue weighted by Crippen LogP contribution is 2.27. The van der Waals surface area contributed by atoms with Crippen molar-refractivity contribution in [2.24, 2.45) is 0 Å². The van der Waals surface area contributed by atoms with Crippen molar-refractivity contribution in [3.05, 3.63) is 62.6 Å². The third-order valence-electron chi connectivity index (χ3n) is 6.55. The van der Waals surface area contributed by atoms with Crippen LogP contribution in [0.2, 0.25) is 15.1 Å². The lowest BCUT2D eigenvalue weighted by molar-refractivity contribution is -0.140. The quantitative estimate of drug-likeness (QED) is 0.392. The van der Waals surface area contributed by atoms with Gasteiger partial charge in [0.05, 0.1) is 22.0 Å². The Morgan fingerprint density at radius 2 is 1.70 bits per heavy atom. The fourth-order valence-corrected chi connectivity index (χ4v) is 5.81. The molecule has 2 aromatic carbocycles. The predicted octanol–water partition coefficient (Wildman–Crippen LogP) is 5.59. The van der Waals surface area contributed by atoms with Crippen LogP contribution in [-0.4, -0.2) is 50.0 Å². The number of aryl methyl sites for hydroxylation is 1. The molecular weight excluding hydrogens is 557 g/mol. The number of hydrogen-bond acceptors (Lipinski definition) is 4. The second-order valence-electron chi connectivity index (χ2n) is 9.39. The minimum Gasteiger partial charge on any atom is -0.352 e. The third-order valence-corrected chi connectivity index (χ3v) is 8.83. The molecule has 0 heterocycles. The molecular formula is C26H32Cl3N3O4S. The molecule has 1 aliphatic rings. The first-order valence-corrected chi connectivity index (χ1v) is 15.2. The molecule has 11 heteroatoms. The second kappa shape index (κ2) is 12.7. The van der Waals surface area contributed by atoms with E-state index in [1.54, 1.807) is 37.3 Å². The summed E-state index contributed by atoms with van der Waals surface area (Å²) in [6, 6.07) is 9.07. The van der Waals surface area contributed by atoms with Crippen molar-refractivity contribution >= 4 is 62.3 Å². The highest BCUT2D eigenvalue weighted by Gasteiger charge is 2.33. The van der Waals surface area contributed by atoms with Crippen molar-refractivity contribution in [1.29, 1.82) is 0 Å². The zero-order valence-electron chi connectivity index (χ0n) is 21.1. The smallest absolute Gasteiger partial charge is 0.244 e. The van der Waals surface area contributed by atoms with Crippen LogP contribution in [0.3, 0.4) is 0 Å². The summed E-state index contributed by atoms with van der Waals surface area (Å²) in [5.74, 6) is -0.784. The minimum atomic E-state index is -3.84. The van der Waals surface area contributed by atoms with E-state index < -0.39 is 28.5 Å². The molecule has 0 aliphatic heterocycles. The number of carbonyl (C=O) groups is 2. The van der Waals surface area contributed by atoms with Crippen molar-refractivity contribution in [3.8, 4) is 0 Å². The lowest BCUT2D eigenvalue weighted by Crippen LogP contribution is -2.53. The van der Waals surface area contributed by atoms with Crippen LogP contribution in [0.1, 0.15) is 50.2 Å².